The molecule has 1 aliphatic rings. The zero-order valence-corrected chi connectivity index (χ0v) is 15.8. The maximum Gasteiger partial charge on any atom is 0.163 e. The number of hydrogen-bond acceptors (Lipinski definition) is 6. The van der Waals surface area contributed by atoms with E-state index in [1.54, 1.807) is 6.33 Å². The van der Waals surface area contributed by atoms with Gasteiger partial charge >= 0.3 is 0 Å². The first-order valence-corrected chi connectivity index (χ1v) is 9.63. The maximum atomic E-state index is 5.63. The van der Waals surface area contributed by atoms with Crippen molar-refractivity contribution in [3.8, 4) is 11.5 Å². The van der Waals surface area contributed by atoms with E-state index in [4.69, 9.17) is 9.47 Å². The van der Waals surface area contributed by atoms with Gasteiger partial charge in [0.15, 0.2) is 11.5 Å². The average molecular weight is 387 g/mol. The Morgan fingerprint density at radius 2 is 1.79 bits per heavy atom. The third kappa shape index (κ3) is 3.80. The van der Waals surface area contributed by atoms with E-state index in [0.717, 1.165) is 41.5 Å². The molecule has 29 heavy (non-hydrogen) atoms. The first-order chi connectivity index (χ1) is 14.3. The summed E-state index contributed by atoms with van der Waals surface area (Å²) in [6.07, 6.45) is 4.52. The molecular formula is C22H21N5O2. The number of benzene rings is 2. The molecule has 7 heteroatoms. The molecule has 0 aliphatic carbocycles. The largest absolute Gasteiger partial charge is 0.486 e. The van der Waals surface area contributed by atoms with E-state index in [1.165, 1.54) is 10.9 Å². The molecule has 7 nitrogen and oxygen atoms in total. The number of nitrogens with one attached hydrogen (secondary N) is 3. The van der Waals surface area contributed by atoms with E-state index in [1.807, 2.05) is 30.3 Å². The van der Waals surface area contributed by atoms with Crippen LogP contribution in [0.5, 0.6) is 11.5 Å². The number of hydrogen-bond donors (Lipinski definition) is 3. The predicted octanol–water partition coefficient (Wildman–Crippen LogP) is 4.13. The minimum absolute atomic E-state index is 0.564. The zero-order chi connectivity index (χ0) is 19.5. The Bertz CT molecular complexity index is 1140. The highest BCUT2D eigenvalue weighted by Gasteiger charge is 2.12. The molecule has 0 amide bonds. The summed E-state index contributed by atoms with van der Waals surface area (Å²) in [6.45, 7) is 1.93. The van der Waals surface area contributed by atoms with Crippen LogP contribution in [0.3, 0.4) is 0 Å². The quantitative estimate of drug-likeness (QED) is 0.461. The molecule has 0 spiro atoms. The zero-order valence-electron chi connectivity index (χ0n) is 15.8. The summed E-state index contributed by atoms with van der Waals surface area (Å²) in [6, 6.07) is 16.0. The van der Waals surface area contributed by atoms with Crippen LogP contribution in [0.2, 0.25) is 0 Å². The number of rotatable bonds is 6. The minimum Gasteiger partial charge on any atom is -0.486 e. The highest BCUT2D eigenvalue weighted by Crippen LogP contribution is 2.33. The normalized spacial score (nSPS) is 12.7. The van der Waals surface area contributed by atoms with E-state index in [-0.39, 0.29) is 0 Å². The number of nitrogens with zero attached hydrogens (tertiary/aromatic N) is 2. The molecule has 1 aliphatic heterocycles. The van der Waals surface area contributed by atoms with Crippen molar-refractivity contribution in [2.75, 3.05) is 30.4 Å². The molecular weight excluding hydrogens is 366 g/mol. The lowest BCUT2D eigenvalue weighted by molar-refractivity contribution is 0.171. The molecule has 0 saturated carbocycles. The monoisotopic (exact) mass is 387 g/mol. The smallest absolute Gasteiger partial charge is 0.163 e. The molecule has 0 radical (unpaired) electrons. The summed E-state index contributed by atoms with van der Waals surface area (Å²) in [5, 5.41) is 7.93. The molecule has 3 N–H and O–H groups in total. The van der Waals surface area contributed by atoms with Gasteiger partial charge in [-0.3, -0.25) is 0 Å². The fraction of sp³-hybridized carbons (Fsp3) is 0.182. The molecule has 0 saturated heterocycles. The van der Waals surface area contributed by atoms with Crippen LogP contribution in [-0.2, 0) is 6.42 Å². The van der Waals surface area contributed by atoms with Crippen LogP contribution in [-0.4, -0.2) is 34.7 Å². The lowest BCUT2D eigenvalue weighted by atomic mass is 10.1. The Kier molecular flexibility index (Phi) is 4.62. The van der Waals surface area contributed by atoms with Crippen LogP contribution in [0.25, 0.3) is 10.9 Å². The number of aromatic amines is 1. The maximum absolute atomic E-state index is 5.63. The number of ether oxygens (including phenoxy) is 2. The Morgan fingerprint density at radius 3 is 2.76 bits per heavy atom. The summed E-state index contributed by atoms with van der Waals surface area (Å²) in [5.41, 5.74) is 3.34. The van der Waals surface area contributed by atoms with Gasteiger partial charge in [0.2, 0.25) is 0 Å². The highest BCUT2D eigenvalue weighted by atomic mass is 16.6. The second-order valence-corrected chi connectivity index (χ2v) is 6.81. The molecule has 4 aromatic rings. The fourth-order valence-corrected chi connectivity index (χ4v) is 3.46. The summed E-state index contributed by atoms with van der Waals surface area (Å²) < 4.78 is 11.2. The van der Waals surface area contributed by atoms with Gasteiger partial charge in [0.1, 0.15) is 31.2 Å². The van der Waals surface area contributed by atoms with Gasteiger partial charge in [0, 0.05) is 41.5 Å². The van der Waals surface area contributed by atoms with Gasteiger partial charge in [-0.25, -0.2) is 9.97 Å². The first kappa shape index (κ1) is 17.4. The van der Waals surface area contributed by atoms with E-state index in [0.29, 0.717) is 19.0 Å². The predicted molar refractivity (Wildman–Crippen MR) is 113 cm³/mol. The molecule has 2 aromatic heterocycles. The van der Waals surface area contributed by atoms with Gasteiger partial charge in [-0.05, 0) is 30.2 Å². The number of aromatic nitrogens is 3. The SMILES string of the molecule is c1ccc2c(CCNc3cc(Nc4ccc5c(c4)OCCO5)ncn3)c[nH]c2c1. The van der Waals surface area contributed by atoms with Crippen molar-refractivity contribution in [3.05, 3.63) is 66.6 Å². The lowest BCUT2D eigenvalue weighted by Crippen LogP contribution is -2.15. The van der Waals surface area contributed by atoms with E-state index < -0.39 is 0 Å². The summed E-state index contributed by atoms with van der Waals surface area (Å²) >= 11 is 0. The van der Waals surface area contributed by atoms with Crippen molar-refractivity contribution in [1.29, 1.82) is 0 Å². The van der Waals surface area contributed by atoms with Gasteiger partial charge in [-0.1, -0.05) is 18.2 Å². The van der Waals surface area contributed by atoms with Gasteiger partial charge in [0.05, 0.1) is 0 Å². The van der Waals surface area contributed by atoms with E-state index in [2.05, 4.69) is 50.0 Å². The second-order valence-electron chi connectivity index (χ2n) is 6.81. The minimum atomic E-state index is 0.564. The standard InChI is InChI=1S/C22H21N5O2/c1-2-4-18-17(3-1)15(13-24-18)7-8-23-21-12-22(26-14-25-21)27-16-5-6-19-20(11-16)29-10-9-28-19/h1-6,11-14,24H,7-10H2,(H2,23,25,26,27). The van der Waals surface area contributed by atoms with Crippen molar-refractivity contribution in [1.82, 2.24) is 15.0 Å². The lowest BCUT2D eigenvalue weighted by Gasteiger charge is -2.19. The molecule has 0 unspecified atom stereocenters. The first-order valence-electron chi connectivity index (χ1n) is 9.63. The van der Waals surface area contributed by atoms with Crippen molar-refractivity contribution >= 4 is 28.2 Å². The number of anilines is 3. The number of H-pyrrole nitrogens is 1. The summed E-state index contributed by atoms with van der Waals surface area (Å²) in [7, 11) is 0. The Balaban J connectivity index is 1.23. The van der Waals surface area contributed by atoms with Gasteiger partial charge in [-0.15, -0.1) is 0 Å². The summed E-state index contributed by atoms with van der Waals surface area (Å²) in [5.74, 6) is 3.00. The van der Waals surface area contributed by atoms with Crippen molar-refractivity contribution in [2.45, 2.75) is 6.42 Å². The van der Waals surface area contributed by atoms with Crippen LogP contribution in [0.4, 0.5) is 17.3 Å². The number of fused-ring (bicyclic) bond motifs is 2. The molecule has 0 bridgehead atoms. The topological polar surface area (TPSA) is 84.1 Å². The van der Waals surface area contributed by atoms with Gasteiger partial charge in [0.25, 0.3) is 0 Å². The van der Waals surface area contributed by atoms with Crippen LogP contribution >= 0.6 is 0 Å². The summed E-state index contributed by atoms with van der Waals surface area (Å²) in [4.78, 5) is 11.9. The molecule has 3 heterocycles. The van der Waals surface area contributed by atoms with Crippen molar-refractivity contribution in [2.24, 2.45) is 0 Å². The van der Waals surface area contributed by atoms with Crippen LogP contribution in [0.15, 0.2) is 61.1 Å². The molecule has 0 fully saturated rings. The Labute approximate surface area is 168 Å². The van der Waals surface area contributed by atoms with E-state index >= 15 is 0 Å². The van der Waals surface area contributed by atoms with Gasteiger partial charge in [-0.2, -0.15) is 0 Å². The average Bonchev–Trinajstić information content (AvgIpc) is 3.17. The molecule has 2 aromatic carbocycles. The van der Waals surface area contributed by atoms with Crippen LogP contribution in [0, 0.1) is 0 Å². The number of para-hydroxylation sites is 1. The second kappa shape index (κ2) is 7.71. The van der Waals surface area contributed by atoms with Crippen molar-refractivity contribution in [3.63, 3.8) is 0 Å². The third-order valence-electron chi connectivity index (χ3n) is 4.86. The molecule has 146 valence electrons. The van der Waals surface area contributed by atoms with Crippen LogP contribution in [0.1, 0.15) is 5.56 Å². The fourth-order valence-electron chi connectivity index (χ4n) is 3.46. The van der Waals surface area contributed by atoms with Gasteiger partial charge < -0.3 is 25.1 Å². The van der Waals surface area contributed by atoms with Crippen LogP contribution < -0.4 is 20.1 Å². The van der Waals surface area contributed by atoms with E-state index in [9.17, 15) is 0 Å². The molecule has 0 atom stereocenters. The van der Waals surface area contributed by atoms with Crippen molar-refractivity contribution < 1.29 is 9.47 Å². The molecule has 5 rings (SSSR count). The Morgan fingerprint density at radius 1 is 0.931 bits per heavy atom. The Hall–Kier alpha value is -3.74. The highest BCUT2D eigenvalue weighted by molar-refractivity contribution is 5.83. The third-order valence-corrected chi connectivity index (χ3v) is 4.86.